The highest BCUT2D eigenvalue weighted by Crippen LogP contribution is 2.35. The van der Waals surface area contributed by atoms with Gasteiger partial charge in [-0.1, -0.05) is 24.3 Å². The largest absolute Gasteiger partial charge is 0.459 e. The minimum atomic E-state index is -0.591. The lowest BCUT2D eigenvalue weighted by Gasteiger charge is -2.32. The van der Waals surface area contributed by atoms with Crippen LogP contribution < -0.4 is 16.0 Å². The van der Waals surface area contributed by atoms with Gasteiger partial charge in [0.15, 0.2) is 0 Å². The molecule has 8 rings (SSSR count). The minimum Gasteiger partial charge on any atom is -0.459 e. The van der Waals surface area contributed by atoms with Crippen LogP contribution in [0.25, 0.3) is 0 Å². The molecule has 0 bridgehead atoms. The number of ether oxygens (including phenoxy) is 1. The van der Waals surface area contributed by atoms with Gasteiger partial charge in [0.2, 0.25) is 23.6 Å². The normalized spacial score (nSPS) is 23.2. The van der Waals surface area contributed by atoms with E-state index in [4.69, 9.17) is 4.74 Å². The molecule has 3 N–H and O–H groups in total. The first-order valence-corrected chi connectivity index (χ1v) is 19.9. The first-order chi connectivity index (χ1) is 26.7. The van der Waals surface area contributed by atoms with Crippen molar-refractivity contribution in [2.24, 2.45) is 0 Å². The van der Waals surface area contributed by atoms with E-state index in [2.05, 4.69) is 39.0 Å². The Hall–Kier alpha value is -4.66. The van der Waals surface area contributed by atoms with Crippen LogP contribution in [0.15, 0.2) is 36.4 Å². The van der Waals surface area contributed by atoms with Gasteiger partial charge in [0.25, 0.3) is 11.8 Å². The molecule has 2 unspecified atom stereocenters. The molecule has 306 valence electrons. The molecule has 0 saturated carbocycles. The molecular formula is C42H53ClN6O8. The summed E-state index contributed by atoms with van der Waals surface area (Å²) in [6.07, 6.45) is 5.42. The maximum absolute atomic E-state index is 12.9. The standard InChI is InChI=1S/C24H31N3O5.C18H21N3O3.ClH/c1-24(2,3)32-21(29)14-26-10-8-15(9-11-26)16-4-5-18-17(12-16)13-27(23(18)31)19-6-7-20(28)25-22(19)30;22-16-4-3-15(17(23)20-16)21-10-13-9-12(1-2-14(13)18(21)24)11-5-7-19-8-6-11;/h4-5,12,15,19H,6-11,13-14H2,1-3H3,(H,25,28,30);1-2,9,11,15,19H,3-8,10H2,(H,20,22,23);1H. The van der Waals surface area contributed by atoms with Crippen LogP contribution >= 0.6 is 12.4 Å². The lowest BCUT2D eigenvalue weighted by molar-refractivity contribution is -0.156. The molecule has 2 atom stereocenters. The maximum atomic E-state index is 12.9. The van der Waals surface area contributed by atoms with E-state index in [0.717, 1.165) is 63.0 Å². The average Bonchev–Trinajstić information content (AvgIpc) is 3.66. The molecule has 2 aromatic carbocycles. The van der Waals surface area contributed by atoms with Gasteiger partial charge in [-0.05, 0) is 132 Å². The summed E-state index contributed by atoms with van der Waals surface area (Å²) in [5, 5.41) is 8.04. The fraction of sp³-hybridized carbons (Fsp3) is 0.548. The number of carbonyl (C=O) groups is 7. The van der Waals surface area contributed by atoms with Crippen molar-refractivity contribution in [3.05, 3.63) is 69.8 Å². The second kappa shape index (κ2) is 17.5. The number of nitrogens with one attached hydrogen (secondary N) is 3. The van der Waals surface area contributed by atoms with Gasteiger partial charge >= 0.3 is 5.97 Å². The number of nitrogens with zero attached hydrogens (tertiary/aromatic N) is 3. The lowest BCUT2D eigenvalue weighted by Crippen LogP contribution is -2.52. The zero-order valence-corrected chi connectivity index (χ0v) is 33.7. The molecule has 4 fully saturated rings. The van der Waals surface area contributed by atoms with Crippen molar-refractivity contribution in [1.82, 2.24) is 30.7 Å². The van der Waals surface area contributed by atoms with Gasteiger partial charge in [-0.2, -0.15) is 0 Å². The number of rotatable bonds is 6. The lowest BCUT2D eigenvalue weighted by atomic mass is 9.88. The SMILES string of the molecule is CC(C)(C)OC(=O)CN1CCC(c2ccc3c(c2)CN(C2CCC(=O)NC2=O)C3=O)CC1.Cl.O=C1CCC(N2Cc3cc(C4CCNCC4)ccc3C2=O)C(=O)N1. The number of carbonyl (C=O) groups excluding carboxylic acids is 7. The summed E-state index contributed by atoms with van der Waals surface area (Å²) in [6, 6.07) is 10.9. The monoisotopic (exact) mass is 804 g/mol. The minimum absolute atomic E-state index is 0. The quantitative estimate of drug-likeness (QED) is 0.291. The predicted octanol–water partition coefficient (Wildman–Crippen LogP) is 3.31. The van der Waals surface area contributed by atoms with Crippen molar-refractivity contribution in [1.29, 1.82) is 0 Å². The number of hydrogen-bond donors (Lipinski definition) is 3. The van der Waals surface area contributed by atoms with Gasteiger partial charge in [0, 0.05) is 37.1 Å². The van der Waals surface area contributed by atoms with E-state index >= 15 is 0 Å². The third kappa shape index (κ3) is 9.56. The molecule has 15 heteroatoms. The zero-order chi connectivity index (χ0) is 39.7. The van der Waals surface area contributed by atoms with Crippen molar-refractivity contribution in [3.8, 4) is 0 Å². The number of hydrogen-bond acceptors (Lipinski definition) is 10. The summed E-state index contributed by atoms with van der Waals surface area (Å²) in [5.74, 6) is -0.813. The Morgan fingerprint density at radius 3 is 1.58 bits per heavy atom. The van der Waals surface area contributed by atoms with Crippen LogP contribution in [0.5, 0.6) is 0 Å². The van der Waals surface area contributed by atoms with Crippen molar-refractivity contribution >= 4 is 53.8 Å². The number of imide groups is 2. The van der Waals surface area contributed by atoms with Crippen molar-refractivity contribution in [3.63, 3.8) is 0 Å². The van der Waals surface area contributed by atoms with Gasteiger partial charge in [-0.25, -0.2) is 0 Å². The van der Waals surface area contributed by atoms with E-state index in [1.54, 1.807) is 9.80 Å². The molecule has 0 radical (unpaired) electrons. The van der Waals surface area contributed by atoms with Crippen LogP contribution in [0.1, 0.15) is 127 Å². The van der Waals surface area contributed by atoms with Crippen molar-refractivity contribution < 1.29 is 38.3 Å². The summed E-state index contributed by atoms with van der Waals surface area (Å²) in [7, 11) is 0. The molecule has 14 nitrogen and oxygen atoms in total. The number of piperidine rings is 4. The first kappa shape index (κ1) is 42.0. The molecule has 0 aliphatic carbocycles. The van der Waals surface area contributed by atoms with Crippen LogP contribution in [-0.4, -0.2) is 107 Å². The Bertz CT molecular complexity index is 1930. The topological polar surface area (TPSA) is 175 Å². The van der Waals surface area contributed by atoms with Gasteiger partial charge in [-0.3, -0.25) is 49.1 Å². The molecule has 6 aliphatic heterocycles. The molecule has 0 spiro atoms. The third-order valence-electron chi connectivity index (χ3n) is 11.7. The smallest absolute Gasteiger partial charge is 0.320 e. The third-order valence-corrected chi connectivity index (χ3v) is 11.7. The Morgan fingerprint density at radius 1 is 0.684 bits per heavy atom. The Morgan fingerprint density at radius 2 is 1.14 bits per heavy atom. The van der Waals surface area contributed by atoms with Crippen LogP contribution in [0.3, 0.4) is 0 Å². The summed E-state index contributed by atoms with van der Waals surface area (Å²) in [4.78, 5) is 90.0. The summed E-state index contributed by atoms with van der Waals surface area (Å²) < 4.78 is 5.42. The fourth-order valence-electron chi connectivity index (χ4n) is 8.83. The number of likely N-dealkylation sites (tertiary alicyclic amines) is 1. The molecular weight excluding hydrogens is 752 g/mol. The van der Waals surface area contributed by atoms with E-state index in [-0.39, 0.29) is 66.7 Å². The van der Waals surface area contributed by atoms with E-state index in [9.17, 15) is 33.6 Å². The fourth-order valence-corrected chi connectivity index (χ4v) is 8.83. The zero-order valence-electron chi connectivity index (χ0n) is 32.9. The molecule has 57 heavy (non-hydrogen) atoms. The highest BCUT2D eigenvalue weighted by Gasteiger charge is 2.41. The summed E-state index contributed by atoms with van der Waals surface area (Å²) in [5.41, 5.74) is 5.28. The number of amides is 6. The van der Waals surface area contributed by atoms with E-state index in [0.29, 0.717) is 55.4 Å². The predicted molar refractivity (Wildman–Crippen MR) is 211 cm³/mol. The molecule has 2 aromatic rings. The molecule has 6 heterocycles. The average molecular weight is 805 g/mol. The number of benzene rings is 2. The summed E-state index contributed by atoms with van der Waals surface area (Å²) in [6.45, 7) is 10.5. The number of esters is 1. The van der Waals surface area contributed by atoms with Gasteiger partial charge in [0.05, 0.1) is 6.54 Å². The first-order valence-electron chi connectivity index (χ1n) is 19.9. The van der Waals surface area contributed by atoms with Crippen molar-refractivity contribution in [2.45, 2.75) is 115 Å². The highest BCUT2D eigenvalue weighted by atomic mass is 35.5. The number of fused-ring (bicyclic) bond motifs is 2. The Labute approximate surface area is 339 Å². The van der Waals surface area contributed by atoms with Gasteiger partial charge in [0.1, 0.15) is 17.7 Å². The van der Waals surface area contributed by atoms with Crippen LogP contribution in [0.2, 0.25) is 0 Å². The van der Waals surface area contributed by atoms with Crippen LogP contribution in [0.4, 0.5) is 0 Å². The maximum Gasteiger partial charge on any atom is 0.320 e. The molecule has 0 aromatic heterocycles. The Balaban J connectivity index is 0.000000196. The molecule has 6 amide bonds. The van der Waals surface area contributed by atoms with Gasteiger partial charge < -0.3 is 19.9 Å². The van der Waals surface area contributed by atoms with Crippen LogP contribution in [-0.2, 0) is 41.8 Å². The molecule has 6 aliphatic rings. The molecule has 4 saturated heterocycles. The van der Waals surface area contributed by atoms with Gasteiger partial charge in [-0.15, -0.1) is 12.4 Å². The van der Waals surface area contributed by atoms with E-state index in [1.165, 1.54) is 11.1 Å². The second-order valence-corrected chi connectivity index (χ2v) is 16.8. The Kier molecular flexibility index (Phi) is 12.8. The number of halogens is 1. The van der Waals surface area contributed by atoms with E-state index in [1.807, 2.05) is 39.0 Å². The van der Waals surface area contributed by atoms with E-state index < -0.39 is 17.7 Å². The van der Waals surface area contributed by atoms with Crippen LogP contribution in [0, 0.1) is 0 Å². The highest BCUT2D eigenvalue weighted by molar-refractivity contribution is 6.06. The summed E-state index contributed by atoms with van der Waals surface area (Å²) >= 11 is 0. The van der Waals surface area contributed by atoms with Crippen molar-refractivity contribution in [2.75, 3.05) is 32.7 Å². The second-order valence-electron chi connectivity index (χ2n) is 16.8.